The zero-order valence-electron chi connectivity index (χ0n) is 10.00. The second kappa shape index (κ2) is 6.89. The lowest BCUT2D eigenvalue weighted by molar-refractivity contribution is -0.115. The molecule has 0 spiro atoms. The number of carbonyl (C=O) groups excluding carboxylic acids is 1. The van der Waals surface area contributed by atoms with Crippen molar-refractivity contribution in [1.29, 1.82) is 0 Å². The third-order valence-corrected chi connectivity index (χ3v) is 3.61. The standard InChI is InChI=1S/C12H17ClN2OS/c1-8(2)15-6-9-10(13)4-3-5-11(9)17-7-12(14)16/h3-5,8,15H,6-7H2,1-2H3,(H2,14,16). The zero-order valence-corrected chi connectivity index (χ0v) is 11.6. The van der Waals surface area contributed by atoms with E-state index in [9.17, 15) is 4.79 Å². The molecule has 5 heteroatoms. The Bertz CT molecular complexity index is 396. The zero-order chi connectivity index (χ0) is 12.8. The van der Waals surface area contributed by atoms with Crippen molar-refractivity contribution in [2.75, 3.05) is 5.75 Å². The molecule has 1 rings (SSSR count). The summed E-state index contributed by atoms with van der Waals surface area (Å²) in [6, 6.07) is 6.08. The third-order valence-electron chi connectivity index (χ3n) is 2.13. The summed E-state index contributed by atoms with van der Waals surface area (Å²) in [6.45, 7) is 4.85. The van der Waals surface area contributed by atoms with Gasteiger partial charge in [-0.3, -0.25) is 4.79 Å². The van der Waals surface area contributed by atoms with Crippen molar-refractivity contribution in [3.05, 3.63) is 28.8 Å². The molecular weight excluding hydrogens is 256 g/mol. The van der Waals surface area contributed by atoms with Gasteiger partial charge in [-0.2, -0.15) is 0 Å². The van der Waals surface area contributed by atoms with Crippen LogP contribution in [0.4, 0.5) is 0 Å². The molecule has 17 heavy (non-hydrogen) atoms. The van der Waals surface area contributed by atoms with Gasteiger partial charge >= 0.3 is 0 Å². The molecule has 0 atom stereocenters. The highest BCUT2D eigenvalue weighted by atomic mass is 35.5. The molecule has 3 N–H and O–H groups in total. The number of hydrogen-bond acceptors (Lipinski definition) is 3. The van der Waals surface area contributed by atoms with Crippen molar-refractivity contribution in [2.45, 2.75) is 31.3 Å². The number of thioether (sulfide) groups is 1. The van der Waals surface area contributed by atoms with Crippen LogP contribution in [0, 0.1) is 0 Å². The van der Waals surface area contributed by atoms with E-state index in [0.717, 1.165) is 10.5 Å². The van der Waals surface area contributed by atoms with Gasteiger partial charge in [-0.1, -0.05) is 31.5 Å². The van der Waals surface area contributed by atoms with Gasteiger partial charge in [0.15, 0.2) is 0 Å². The first-order valence-corrected chi connectivity index (χ1v) is 6.79. The van der Waals surface area contributed by atoms with Gasteiger partial charge in [-0.25, -0.2) is 0 Å². The van der Waals surface area contributed by atoms with E-state index in [-0.39, 0.29) is 11.7 Å². The van der Waals surface area contributed by atoms with Crippen molar-refractivity contribution < 1.29 is 4.79 Å². The SMILES string of the molecule is CC(C)NCc1c(Cl)cccc1SCC(N)=O. The molecule has 0 heterocycles. The summed E-state index contributed by atoms with van der Waals surface area (Å²) in [5, 5.41) is 4.03. The van der Waals surface area contributed by atoms with E-state index in [0.29, 0.717) is 17.6 Å². The molecule has 0 aliphatic carbocycles. The molecular formula is C12H17ClN2OS. The summed E-state index contributed by atoms with van der Waals surface area (Å²) in [6.07, 6.45) is 0. The topological polar surface area (TPSA) is 55.1 Å². The Hall–Kier alpha value is -0.710. The molecule has 0 saturated heterocycles. The van der Waals surface area contributed by atoms with Crippen LogP contribution in [0.15, 0.2) is 23.1 Å². The minimum absolute atomic E-state index is 0.273. The average Bonchev–Trinajstić information content (AvgIpc) is 2.24. The summed E-state index contributed by atoms with van der Waals surface area (Å²) in [7, 11) is 0. The second-order valence-corrected chi connectivity index (χ2v) is 5.43. The number of amides is 1. The van der Waals surface area contributed by atoms with Gasteiger partial charge in [0.2, 0.25) is 5.91 Å². The number of primary amides is 1. The largest absolute Gasteiger partial charge is 0.369 e. The lowest BCUT2D eigenvalue weighted by Gasteiger charge is -2.13. The minimum Gasteiger partial charge on any atom is -0.369 e. The Morgan fingerprint density at radius 3 is 2.82 bits per heavy atom. The molecule has 3 nitrogen and oxygen atoms in total. The molecule has 0 bridgehead atoms. The first-order valence-electron chi connectivity index (χ1n) is 5.42. The maximum atomic E-state index is 10.8. The number of halogens is 1. The number of nitrogens with two attached hydrogens (primary N) is 1. The van der Waals surface area contributed by atoms with E-state index in [4.69, 9.17) is 17.3 Å². The van der Waals surface area contributed by atoms with E-state index in [1.54, 1.807) is 0 Å². The van der Waals surface area contributed by atoms with Crippen LogP contribution in [0.25, 0.3) is 0 Å². The molecule has 1 aromatic rings. The molecule has 0 unspecified atom stereocenters. The summed E-state index contributed by atoms with van der Waals surface area (Å²) >= 11 is 7.58. The van der Waals surface area contributed by atoms with Crippen molar-refractivity contribution in [3.63, 3.8) is 0 Å². The summed E-state index contributed by atoms with van der Waals surface area (Å²) in [5.41, 5.74) is 6.16. The quantitative estimate of drug-likeness (QED) is 0.782. The summed E-state index contributed by atoms with van der Waals surface area (Å²) < 4.78 is 0. The average molecular weight is 273 g/mol. The van der Waals surface area contributed by atoms with Crippen molar-refractivity contribution in [2.24, 2.45) is 5.73 Å². The number of nitrogens with one attached hydrogen (secondary N) is 1. The Labute approximate surface area is 111 Å². The Morgan fingerprint density at radius 1 is 1.53 bits per heavy atom. The third kappa shape index (κ3) is 4.98. The van der Waals surface area contributed by atoms with Crippen LogP contribution in [0.2, 0.25) is 5.02 Å². The van der Waals surface area contributed by atoms with Gasteiger partial charge in [0, 0.05) is 22.5 Å². The molecule has 0 aliphatic rings. The van der Waals surface area contributed by atoms with E-state index in [1.807, 2.05) is 18.2 Å². The van der Waals surface area contributed by atoms with Crippen molar-refractivity contribution in [3.8, 4) is 0 Å². The normalized spacial score (nSPS) is 10.8. The molecule has 1 aromatic carbocycles. The first-order chi connectivity index (χ1) is 8.00. The lowest BCUT2D eigenvalue weighted by Crippen LogP contribution is -2.22. The van der Waals surface area contributed by atoms with Crippen LogP contribution >= 0.6 is 23.4 Å². The van der Waals surface area contributed by atoms with Crippen LogP contribution < -0.4 is 11.1 Å². The van der Waals surface area contributed by atoms with E-state index in [1.165, 1.54) is 11.8 Å². The molecule has 0 aliphatic heterocycles. The number of benzene rings is 1. The summed E-state index contributed by atoms with van der Waals surface area (Å²) in [4.78, 5) is 11.8. The van der Waals surface area contributed by atoms with E-state index < -0.39 is 0 Å². The molecule has 0 saturated carbocycles. The van der Waals surface area contributed by atoms with E-state index in [2.05, 4.69) is 19.2 Å². The fourth-order valence-electron chi connectivity index (χ4n) is 1.30. The predicted octanol–water partition coefficient (Wildman–Crippen LogP) is 2.42. The number of rotatable bonds is 6. The Balaban J connectivity index is 2.80. The highest BCUT2D eigenvalue weighted by Gasteiger charge is 2.09. The number of hydrogen-bond donors (Lipinski definition) is 2. The van der Waals surface area contributed by atoms with Crippen LogP contribution in [-0.4, -0.2) is 17.7 Å². The van der Waals surface area contributed by atoms with Gasteiger partial charge in [0.25, 0.3) is 0 Å². The van der Waals surface area contributed by atoms with Crippen molar-refractivity contribution >= 4 is 29.3 Å². The molecule has 0 fully saturated rings. The van der Waals surface area contributed by atoms with Gasteiger partial charge in [-0.15, -0.1) is 11.8 Å². The fraction of sp³-hybridized carbons (Fsp3) is 0.417. The predicted molar refractivity (Wildman–Crippen MR) is 73.3 cm³/mol. The van der Waals surface area contributed by atoms with Crippen LogP contribution in [-0.2, 0) is 11.3 Å². The van der Waals surface area contributed by atoms with Gasteiger partial charge in [0.05, 0.1) is 5.75 Å². The smallest absolute Gasteiger partial charge is 0.227 e. The van der Waals surface area contributed by atoms with Crippen LogP contribution in [0.1, 0.15) is 19.4 Å². The summed E-state index contributed by atoms with van der Waals surface area (Å²) in [5.74, 6) is -0.0487. The van der Waals surface area contributed by atoms with Gasteiger partial charge in [0.1, 0.15) is 0 Å². The van der Waals surface area contributed by atoms with E-state index >= 15 is 0 Å². The van der Waals surface area contributed by atoms with Gasteiger partial charge < -0.3 is 11.1 Å². The monoisotopic (exact) mass is 272 g/mol. The maximum absolute atomic E-state index is 10.8. The Morgan fingerprint density at radius 2 is 2.24 bits per heavy atom. The van der Waals surface area contributed by atoms with Crippen LogP contribution in [0.3, 0.4) is 0 Å². The lowest BCUT2D eigenvalue weighted by atomic mass is 10.2. The Kier molecular flexibility index (Phi) is 5.82. The number of carbonyl (C=O) groups is 1. The maximum Gasteiger partial charge on any atom is 0.227 e. The van der Waals surface area contributed by atoms with Crippen molar-refractivity contribution in [1.82, 2.24) is 5.32 Å². The molecule has 1 amide bonds. The molecule has 0 aromatic heterocycles. The molecule has 0 radical (unpaired) electrons. The molecule has 94 valence electrons. The highest BCUT2D eigenvalue weighted by Crippen LogP contribution is 2.28. The first kappa shape index (κ1) is 14.4. The minimum atomic E-state index is -0.322. The highest BCUT2D eigenvalue weighted by molar-refractivity contribution is 8.00. The fourth-order valence-corrected chi connectivity index (χ4v) is 2.43. The van der Waals surface area contributed by atoms with Gasteiger partial charge in [-0.05, 0) is 17.7 Å². The van der Waals surface area contributed by atoms with Crippen LogP contribution in [0.5, 0.6) is 0 Å². The second-order valence-electron chi connectivity index (χ2n) is 4.01.